The van der Waals surface area contributed by atoms with Gasteiger partial charge in [0.25, 0.3) is 0 Å². The summed E-state index contributed by atoms with van der Waals surface area (Å²) in [5.74, 6) is 0.259. The fourth-order valence-corrected chi connectivity index (χ4v) is 4.86. The molecule has 2 aliphatic rings. The number of unbranched alkanes of at least 4 members (excludes halogenated alkanes) is 3. The molecule has 0 aromatic heterocycles. The maximum atomic E-state index is 13.0. The lowest BCUT2D eigenvalue weighted by Crippen LogP contribution is -2.62. The van der Waals surface area contributed by atoms with E-state index in [9.17, 15) is 25.2 Å². The average molecular weight is 429 g/mol. The molecule has 2 rings (SSSR count). The van der Waals surface area contributed by atoms with Crippen molar-refractivity contribution >= 4 is 5.91 Å². The summed E-state index contributed by atoms with van der Waals surface area (Å²) in [7, 11) is 0. The van der Waals surface area contributed by atoms with Crippen molar-refractivity contribution in [3.05, 3.63) is 0 Å². The first-order chi connectivity index (χ1) is 14.2. The minimum atomic E-state index is -1.20. The zero-order valence-corrected chi connectivity index (χ0v) is 19.2. The highest BCUT2D eigenvalue weighted by molar-refractivity contribution is 5.81. The molecule has 0 unspecified atom stereocenters. The molecule has 0 spiro atoms. The normalized spacial score (nSPS) is 29.2. The SMILES string of the molecule is CC(C)(C)C(=O)N(CCCCCCN1C[C@@H](O)[C@H](O)[C@H](O)[C@H]1CO)C1CCCCC1. The van der Waals surface area contributed by atoms with Gasteiger partial charge in [-0.05, 0) is 32.2 Å². The number of amides is 1. The molecule has 1 aliphatic heterocycles. The highest BCUT2D eigenvalue weighted by Gasteiger charge is 2.40. The van der Waals surface area contributed by atoms with Crippen LogP contribution in [0.1, 0.15) is 78.6 Å². The van der Waals surface area contributed by atoms with Crippen LogP contribution in [-0.4, -0.2) is 92.8 Å². The highest BCUT2D eigenvalue weighted by atomic mass is 16.4. The van der Waals surface area contributed by atoms with Crippen LogP contribution < -0.4 is 0 Å². The second-order valence-electron chi connectivity index (χ2n) is 10.2. The molecule has 7 heteroatoms. The third kappa shape index (κ3) is 6.89. The summed E-state index contributed by atoms with van der Waals surface area (Å²) in [6.07, 6.45) is 6.50. The van der Waals surface area contributed by atoms with E-state index < -0.39 is 24.4 Å². The summed E-state index contributed by atoms with van der Waals surface area (Å²) in [6, 6.07) is -0.145. The molecule has 0 aromatic carbocycles. The van der Waals surface area contributed by atoms with Crippen molar-refractivity contribution in [2.45, 2.75) is 109 Å². The molecule has 1 saturated heterocycles. The Kier molecular flexibility index (Phi) is 10.0. The zero-order valence-electron chi connectivity index (χ0n) is 19.2. The van der Waals surface area contributed by atoms with E-state index in [1.807, 2.05) is 25.7 Å². The topological polar surface area (TPSA) is 104 Å². The molecule has 2 fully saturated rings. The van der Waals surface area contributed by atoms with Gasteiger partial charge >= 0.3 is 0 Å². The quantitative estimate of drug-likeness (QED) is 0.415. The number of carbonyl (C=O) groups is 1. The Labute approximate surface area is 182 Å². The minimum Gasteiger partial charge on any atom is -0.395 e. The molecular weight excluding hydrogens is 384 g/mol. The summed E-state index contributed by atoms with van der Waals surface area (Å²) in [6.45, 7) is 7.51. The monoisotopic (exact) mass is 428 g/mol. The van der Waals surface area contributed by atoms with Crippen LogP contribution in [0.2, 0.25) is 0 Å². The molecule has 0 radical (unpaired) electrons. The lowest BCUT2D eigenvalue weighted by atomic mass is 9.89. The van der Waals surface area contributed by atoms with Crippen LogP contribution in [0.3, 0.4) is 0 Å². The van der Waals surface area contributed by atoms with Crippen LogP contribution in [0, 0.1) is 5.41 Å². The number of piperidine rings is 1. The van der Waals surface area contributed by atoms with Crippen molar-refractivity contribution in [2.24, 2.45) is 5.41 Å². The van der Waals surface area contributed by atoms with E-state index in [1.165, 1.54) is 19.3 Å². The molecule has 30 heavy (non-hydrogen) atoms. The number of nitrogens with zero attached hydrogens (tertiary/aromatic N) is 2. The van der Waals surface area contributed by atoms with E-state index >= 15 is 0 Å². The van der Waals surface area contributed by atoms with E-state index in [2.05, 4.69) is 4.90 Å². The van der Waals surface area contributed by atoms with Gasteiger partial charge in [0, 0.05) is 24.5 Å². The first kappa shape index (κ1) is 25.5. The molecule has 0 bridgehead atoms. The van der Waals surface area contributed by atoms with Crippen LogP contribution in [0.5, 0.6) is 0 Å². The maximum Gasteiger partial charge on any atom is 0.228 e. The molecule has 176 valence electrons. The van der Waals surface area contributed by atoms with E-state index in [0.717, 1.165) is 45.1 Å². The van der Waals surface area contributed by atoms with Gasteiger partial charge in [0.15, 0.2) is 0 Å². The molecule has 1 heterocycles. The molecule has 1 saturated carbocycles. The van der Waals surface area contributed by atoms with E-state index in [1.54, 1.807) is 0 Å². The van der Waals surface area contributed by atoms with Crippen molar-refractivity contribution in [1.82, 2.24) is 9.80 Å². The summed E-state index contributed by atoms with van der Waals surface area (Å²) in [5, 5.41) is 39.3. The number of aliphatic hydroxyl groups excluding tert-OH is 4. The van der Waals surface area contributed by atoms with Crippen molar-refractivity contribution < 1.29 is 25.2 Å². The first-order valence-corrected chi connectivity index (χ1v) is 11.9. The Morgan fingerprint density at radius 3 is 2.20 bits per heavy atom. The Morgan fingerprint density at radius 1 is 0.967 bits per heavy atom. The smallest absolute Gasteiger partial charge is 0.228 e. The molecular formula is C23H44N2O5. The number of likely N-dealkylation sites (tertiary alicyclic amines) is 1. The maximum absolute atomic E-state index is 13.0. The average Bonchev–Trinajstić information content (AvgIpc) is 2.71. The van der Waals surface area contributed by atoms with Crippen molar-refractivity contribution in [1.29, 1.82) is 0 Å². The van der Waals surface area contributed by atoms with Crippen LogP contribution >= 0.6 is 0 Å². The number of rotatable bonds is 9. The fourth-order valence-electron chi connectivity index (χ4n) is 4.86. The number of hydrogen-bond donors (Lipinski definition) is 4. The van der Waals surface area contributed by atoms with E-state index in [4.69, 9.17) is 0 Å². The summed E-state index contributed by atoms with van der Waals surface area (Å²) < 4.78 is 0. The van der Waals surface area contributed by atoms with Gasteiger partial charge in [-0.1, -0.05) is 52.9 Å². The second-order valence-corrected chi connectivity index (χ2v) is 10.2. The van der Waals surface area contributed by atoms with Gasteiger partial charge in [0.1, 0.15) is 12.2 Å². The first-order valence-electron chi connectivity index (χ1n) is 11.9. The van der Waals surface area contributed by atoms with Crippen LogP contribution in [-0.2, 0) is 4.79 Å². The summed E-state index contributed by atoms with van der Waals surface area (Å²) in [4.78, 5) is 17.0. The Balaban J connectivity index is 1.76. The standard InChI is InChI=1S/C23H44N2O5/c1-23(2,3)22(30)25(17-11-7-6-8-12-17)14-10-5-4-9-13-24-15-19(27)21(29)20(28)18(24)16-26/h17-21,26-29H,4-16H2,1-3H3/t18-,19-,20-,21+/m1/s1. The third-order valence-corrected chi connectivity index (χ3v) is 6.73. The number of carbonyl (C=O) groups excluding carboxylic acids is 1. The second kappa shape index (κ2) is 11.8. The molecule has 4 atom stereocenters. The Morgan fingerprint density at radius 2 is 1.60 bits per heavy atom. The largest absolute Gasteiger partial charge is 0.395 e. The van der Waals surface area contributed by atoms with Crippen molar-refractivity contribution in [3.8, 4) is 0 Å². The molecule has 7 nitrogen and oxygen atoms in total. The summed E-state index contributed by atoms with van der Waals surface area (Å²) >= 11 is 0. The fraction of sp³-hybridized carbons (Fsp3) is 0.957. The Hall–Kier alpha value is -0.730. The number of β-amino-alcohol motifs (C(OH)–C–C–N with tert-alkyl or cyclic N) is 1. The van der Waals surface area contributed by atoms with Gasteiger partial charge in [-0.3, -0.25) is 9.69 Å². The van der Waals surface area contributed by atoms with E-state index in [0.29, 0.717) is 12.6 Å². The number of hydrogen-bond acceptors (Lipinski definition) is 6. The van der Waals surface area contributed by atoms with Gasteiger partial charge in [0.05, 0.1) is 18.8 Å². The molecule has 1 aliphatic carbocycles. The van der Waals surface area contributed by atoms with Gasteiger partial charge in [-0.25, -0.2) is 0 Å². The van der Waals surface area contributed by atoms with Crippen LogP contribution in [0.15, 0.2) is 0 Å². The third-order valence-electron chi connectivity index (χ3n) is 6.73. The minimum absolute atomic E-state index is 0.240. The lowest BCUT2D eigenvalue weighted by Gasteiger charge is -2.43. The van der Waals surface area contributed by atoms with Crippen LogP contribution in [0.4, 0.5) is 0 Å². The molecule has 4 N–H and O–H groups in total. The molecule has 0 aromatic rings. The van der Waals surface area contributed by atoms with Crippen molar-refractivity contribution in [3.63, 3.8) is 0 Å². The summed E-state index contributed by atoms with van der Waals surface area (Å²) in [5.41, 5.74) is -0.350. The zero-order chi connectivity index (χ0) is 22.3. The number of aliphatic hydroxyl groups is 4. The van der Waals surface area contributed by atoms with E-state index in [-0.39, 0.29) is 24.5 Å². The highest BCUT2D eigenvalue weighted by Crippen LogP contribution is 2.28. The van der Waals surface area contributed by atoms with Gasteiger partial charge in [0.2, 0.25) is 5.91 Å². The van der Waals surface area contributed by atoms with Crippen LogP contribution in [0.25, 0.3) is 0 Å². The lowest BCUT2D eigenvalue weighted by molar-refractivity contribution is -0.145. The van der Waals surface area contributed by atoms with Crippen molar-refractivity contribution in [2.75, 3.05) is 26.2 Å². The van der Waals surface area contributed by atoms with Gasteiger partial charge < -0.3 is 25.3 Å². The van der Waals surface area contributed by atoms with Gasteiger partial charge in [-0.2, -0.15) is 0 Å². The van der Waals surface area contributed by atoms with Gasteiger partial charge in [-0.15, -0.1) is 0 Å². The Bertz CT molecular complexity index is 518. The predicted molar refractivity (Wildman–Crippen MR) is 117 cm³/mol. The molecule has 1 amide bonds. The predicted octanol–water partition coefficient (Wildman–Crippen LogP) is 1.51.